The van der Waals surface area contributed by atoms with E-state index in [0.29, 0.717) is 22.5 Å². The molecule has 5 rings (SSSR count). The smallest absolute Gasteiger partial charge is 0.231 e. The van der Waals surface area contributed by atoms with E-state index in [0.717, 1.165) is 16.8 Å². The third kappa shape index (κ3) is 4.56. The van der Waals surface area contributed by atoms with Crippen LogP contribution >= 0.6 is 11.8 Å². The number of hydrogen-bond donors (Lipinski definition) is 1. The zero-order valence-electron chi connectivity index (χ0n) is 18.0. The number of rotatable bonds is 7. The Balaban J connectivity index is 1.38. The average molecular weight is 459 g/mol. The van der Waals surface area contributed by atoms with Crippen LogP contribution in [0.1, 0.15) is 18.5 Å². The fraction of sp³-hybridized carbons (Fsp3) is 0.160. The van der Waals surface area contributed by atoms with E-state index in [2.05, 4.69) is 15.5 Å². The van der Waals surface area contributed by atoms with Crippen LogP contribution in [0, 0.1) is 0 Å². The molecule has 1 atom stereocenters. The normalized spacial score (nSPS) is 13.0. The molecule has 0 saturated heterocycles. The quantitative estimate of drug-likeness (QED) is 0.407. The monoisotopic (exact) mass is 458 g/mol. The van der Waals surface area contributed by atoms with Crippen molar-refractivity contribution in [2.75, 3.05) is 12.5 Å². The van der Waals surface area contributed by atoms with Gasteiger partial charge in [0.25, 0.3) is 0 Å². The first-order valence-corrected chi connectivity index (χ1v) is 11.6. The summed E-state index contributed by atoms with van der Waals surface area (Å²) in [5.41, 5.74) is 2.83. The number of nitrogens with one attached hydrogen (secondary N) is 1. The predicted molar refractivity (Wildman–Crippen MR) is 127 cm³/mol. The number of aromatic nitrogens is 3. The maximum absolute atomic E-state index is 12.6. The van der Waals surface area contributed by atoms with E-state index in [1.165, 1.54) is 11.8 Å². The summed E-state index contributed by atoms with van der Waals surface area (Å²) in [5.74, 6) is 2.22. The fourth-order valence-corrected chi connectivity index (χ4v) is 4.40. The van der Waals surface area contributed by atoms with Crippen molar-refractivity contribution < 1.29 is 14.3 Å². The number of para-hydroxylation sites is 1. The molecule has 0 bridgehead atoms. The van der Waals surface area contributed by atoms with Crippen molar-refractivity contribution in [3.8, 4) is 28.6 Å². The molecule has 1 aromatic heterocycles. The van der Waals surface area contributed by atoms with Crippen molar-refractivity contribution in [3.05, 3.63) is 84.4 Å². The number of carbonyl (C=O) groups excluding carboxylic acids is 1. The lowest BCUT2D eigenvalue weighted by Crippen LogP contribution is -2.28. The largest absolute Gasteiger partial charge is 0.454 e. The first-order valence-electron chi connectivity index (χ1n) is 10.6. The Kier molecular flexibility index (Phi) is 5.99. The molecule has 1 aliphatic rings. The molecular formula is C25H22N4O3S. The van der Waals surface area contributed by atoms with Gasteiger partial charge in [0.05, 0.1) is 11.8 Å². The molecule has 0 radical (unpaired) electrons. The van der Waals surface area contributed by atoms with Crippen LogP contribution in [0.4, 0.5) is 0 Å². The topological polar surface area (TPSA) is 78.3 Å². The molecule has 1 amide bonds. The van der Waals surface area contributed by atoms with Gasteiger partial charge in [0.1, 0.15) is 0 Å². The van der Waals surface area contributed by atoms with Crippen LogP contribution in [0.25, 0.3) is 17.1 Å². The van der Waals surface area contributed by atoms with Gasteiger partial charge in [-0.2, -0.15) is 0 Å². The Morgan fingerprint density at radius 3 is 2.52 bits per heavy atom. The van der Waals surface area contributed by atoms with Crippen LogP contribution in [-0.4, -0.2) is 33.2 Å². The van der Waals surface area contributed by atoms with Crippen molar-refractivity contribution in [2.45, 2.75) is 18.1 Å². The number of ether oxygens (including phenoxy) is 2. The average Bonchev–Trinajstić information content (AvgIpc) is 3.50. The Hall–Kier alpha value is -3.78. The standard InChI is InChI=1S/C25H22N4O3S/c1-17(18-8-4-2-5-9-18)26-23(30)15-33-25-28-27-24(29(25)20-10-6-3-7-11-20)19-12-13-21-22(14-19)32-16-31-21/h2-14,17H,15-16H2,1H3,(H,26,30)/t17-/m0/s1. The Morgan fingerprint density at radius 2 is 1.73 bits per heavy atom. The van der Waals surface area contributed by atoms with Crippen molar-refractivity contribution in [2.24, 2.45) is 0 Å². The molecule has 0 unspecified atom stereocenters. The number of hydrogen-bond acceptors (Lipinski definition) is 6. The zero-order chi connectivity index (χ0) is 22.6. The summed E-state index contributed by atoms with van der Waals surface area (Å²) in [6, 6.07) is 25.4. The van der Waals surface area contributed by atoms with E-state index in [1.54, 1.807) is 0 Å². The molecule has 7 nitrogen and oxygen atoms in total. The maximum atomic E-state index is 12.6. The molecule has 0 spiro atoms. The first-order chi connectivity index (χ1) is 16.2. The molecule has 4 aromatic rings. The van der Waals surface area contributed by atoms with Crippen LogP contribution in [0.2, 0.25) is 0 Å². The molecule has 33 heavy (non-hydrogen) atoms. The van der Waals surface area contributed by atoms with E-state index < -0.39 is 0 Å². The fourth-order valence-electron chi connectivity index (χ4n) is 3.63. The van der Waals surface area contributed by atoms with Gasteiger partial charge in [-0.1, -0.05) is 60.3 Å². The molecule has 0 fully saturated rings. The van der Waals surface area contributed by atoms with Crippen molar-refractivity contribution >= 4 is 17.7 Å². The van der Waals surface area contributed by atoms with Gasteiger partial charge in [0, 0.05) is 11.3 Å². The summed E-state index contributed by atoms with van der Waals surface area (Å²) < 4.78 is 12.9. The van der Waals surface area contributed by atoms with Crippen molar-refractivity contribution in [1.82, 2.24) is 20.1 Å². The number of nitrogens with zero attached hydrogens (tertiary/aromatic N) is 3. The molecule has 0 saturated carbocycles. The van der Waals surface area contributed by atoms with Crippen LogP contribution < -0.4 is 14.8 Å². The lowest BCUT2D eigenvalue weighted by Gasteiger charge is -2.14. The lowest BCUT2D eigenvalue weighted by molar-refractivity contribution is -0.119. The Morgan fingerprint density at radius 1 is 1.00 bits per heavy atom. The molecule has 0 aliphatic carbocycles. The Bertz CT molecular complexity index is 1260. The van der Waals surface area contributed by atoms with Gasteiger partial charge in [-0.05, 0) is 42.8 Å². The van der Waals surface area contributed by atoms with E-state index in [1.807, 2.05) is 90.4 Å². The summed E-state index contributed by atoms with van der Waals surface area (Å²) >= 11 is 1.35. The highest BCUT2D eigenvalue weighted by Crippen LogP contribution is 2.37. The van der Waals surface area contributed by atoms with Crippen molar-refractivity contribution in [1.29, 1.82) is 0 Å². The summed E-state index contributed by atoms with van der Waals surface area (Å²) in [4.78, 5) is 12.6. The van der Waals surface area contributed by atoms with Crippen molar-refractivity contribution in [3.63, 3.8) is 0 Å². The second-order valence-corrected chi connectivity index (χ2v) is 8.48. The second-order valence-electron chi connectivity index (χ2n) is 7.53. The second kappa shape index (κ2) is 9.38. The lowest BCUT2D eigenvalue weighted by atomic mass is 10.1. The van der Waals surface area contributed by atoms with E-state index >= 15 is 0 Å². The van der Waals surface area contributed by atoms with Crippen LogP contribution in [0.5, 0.6) is 11.5 Å². The molecule has 8 heteroatoms. The van der Waals surface area contributed by atoms with Gasteiger partial charge in [-0.3, -0.25) is 9.36 Å². The molecular weight excluding hydrogens is 436 g/mol. The number of thioether (sulfide) groups is 1. The highest BCUT2D eigenvalue weighted by atomic mass is 32.2. The highest BCUT2D eigenvalue weighted by molar-refractivity contribution is 7.99. The summed E-state index contributed by atoms with van der Waals surface area (Å²) in [7, 11) is 0. The summed E-state index contributed by atoms with van der Waals surface area (Å²) in [5, 5.41) is 12.5. The molecule has 166 valence electrons. The first kappa shape index (κ1) is 21.1. The van der Waals surface area contributed by atoms with E-state index in [9.17, 15) is 4.79 Å². The highest BCUT2D eigenvalue weighted by Gasteiger charge is 2.21. The number of benzene rings is 3. The third-order valence-electron chi connectivity index (χ3n) is 5.29. The van der Waals surface area contributed by atoms with E-state index in [4.69, 9.17) is 9.47 Å². The third-order valence-corrected chi connectivity index (χ3v) is 6.22. The van der Waals surface area contributed by atoms with Gasteiger partial charge in [0.2, 0.25) is 12.7 Å². The minimum atomic E-state index is -0.0736. The minimum absolute atomic E-state index is 0.0661. The molecule has 1 N–H and O–H groups in total. The van der Waals surface area contributed by atoms with Gasteiger partial charge < -0.3 is 14.8 Å². The van der Waals surface area contributed by atoms with Gasteiger partial charge in [-0.25, -0.2) is 0 Å². The predicted octanol–water partition coefficient (Wildman–Crippen LogP) is 4.63. The van der Waals surface area contributed by atoms with Gasteiger partial charge in [-0.15, -0.1) is 10.2 Å². The van der Waals surface area contributed by atoms with Crippen LogP contribution in [0.3, 0.4) is 0 Å². The van der Waals surface area contributed by atoms with Crippen LogP contribution in [0.15, 0.2) is 84.0 Å². The SMILES string of the molecule is C[C@H](NC(=O)CSc1nnc(-c2ccc3c(c2)OCO3)n1-c1ccccc1)c1ccccc1. The number of carbonyl (C=O) groups is 1. The zero-order valence-corrected chi connectivity index (χ0v) is 18.8. The van der Waals surface area contributed by atoms with Crippen LogP contribution in [-0.2, 0) is 4.79 Å². The molecule has 1 aliphatic heterocycles. The summed E-state index contributed by atoms with van der Waals surface area (Å²) in [6.45, 7) is 2.18. The summed E-state index contributed by atoms with van der Waals surface area (Å²) in [6.07, 6.45) is 0. The van der Waals surface area contributed by atoms with E-state index in [-0.39, 0.29) is 24.5 Å². The van der Waals surface area contributed by atoms with Gasteiger partial charge in [0.15, 0.2) is 22.5 Å². The molecule has 3 aromatic carbocycles. The minimum Gasteiger partial charge on any atom is -0.454 e. The number of fused-ring (bicyclic) bond motifs is 1. The van der Waals surface area contributed by atoms with Gasteiger partial charge >= 0.3 is 0 Å². The molecule has 2 heterocycles. The number of amides is 1. The maximum Gasteiger partial charge on any atom is 0.231 e. The Labute approximate surface area is 195 Å².